The van der Waals surface area contributed by atoms with Crippen LogP contribution in [-0.4, -0.2) is 74.6 Å². The summed E-state index contributed by atoms with van der Waals surface area (Å²) in [5.41, 5.74) is 5.90. The van der Waals surface area contributed by atoms with E-state index < -0.39 is 0 Å². The summed E-state index contributed by atoms with van der Waals surface area (Å²) < 4.78 is 20.1. The van der Waals surface area contributed by atoms with Crippen molar-refractivity contribution in [2.75, 3.05) is 52.6 Å². The standard InChI is InChI=1S/C40H64N2O3/c1-5-9-15-33(7-3)29-43-31-39(27-41-23-21-35-17-11-13-19-37(35)25-41)45-40(32-44-30-34(8-4)16-10-6-2)28-42-24-22-36-18-12-14-20-38(36)26-42/h11-14,17-20,33-34,39-40H,5-10,15-16,21-32H2,1-4H3. The van der Waals surface area contributed by atoms with Gasteiger partial charge >= 0.3 is 0 Å². The molecular formula is C40H64N2O3. The van der Waals surface area contributed by atoms with Crippen LogP contribution < -0.4 is 0 Å². The third kappa shape index (κ3) is 12.4. The molecule has 2 aromatic rings. The van der Waals surface area contributed by atoms with Gasteiger partial charge in [-0.15, -0.1) is 0 Å². The molecular weight excluding hydrogens is 556 g/mol. The second-order valence-corrected chi connectivity index (χ2v) is 13.8. The Morgan fingerprint density at radius 2 is 1.00 bits per heavy atom. The Kier molecular flexibility index (Phi) is 16.4. The smallest absolute Gasteiger partial charge is 0.0940 e. The van der Waals surface area contributed by atoms with E-state index in [0.29, 0.717) is 25.0 Å². The molecule has 45 heavy (non-hydrogen) atoms. The second-order valence-electron chi connectivity index (χ2n) is 13.8. The molecule has 0 N–H and O–H groups in total. The van der Waals surface area contributed by atoms with Crippen molar-refractivity contribution in [3.63, 3.8) is 0 Å². The van der Waals surface area contributed by atoms with E-state index in [2.05, 4.69) is 86.0 Å². The number of rotatable bonds is 22. The maximum Gasteiger partial charge on any atom is 0.0940 e. The van der Waals surface area contributed by atoms with Crippen molar-refractivity contribution >= 4 is 0 Å². The Hall–Kier alpha value is -1.76. The number of nitrogens with zero attached hydrogens (tertiary/aromatic N) is 2. The van der Waals surface area contributed by atoms with Gasteiger partial charge in [0.1, 0.15) is 0 Å². The molecule has 5 heteroatoms. The highest BCUT2D eigenvalue weighted by Gasteiger charge is 2.26. The first-order valence-corrected chi connectivity index (χ1v) is 18.5. The number of ether oxygens (including phenoxy) is 3. The van der Waals surface area contributed by atoms with Gasteiger partial charge in [0.2, 0.25) is 0 Å². The van der Waals surface area contributed by atoms with Crippen LogP contribution in [0.1, 0.15) is 101 Å². The van der Waals surface area contributed by atoms with Gasteiger partial charge in [0.15, 0.2) is 0 Å². The molecule has 0 fully saturated rings. The number of hydrogen-bond acceptors (Lipinski definition) is 5. The summed E-state index contributed by atoms with van der Waals surface area (Å²) in [7, 11) is 0. The van der Waals surface area contributed by atoms with Crippen molar-refractivity contribution < 1.29 is 14.2 Å². The largest absolute Gasteiger partial charge is 0.378 e. The summed E-state index contributed by atoms with van der Waals surface area (Å²) in [5, 5.41) is 0. The third-order valence-electron chi connectivity index (χ3n) is 10.1. The minimum atomic E-state index is 0.0201. The summed E-state index contributed by atoms with van der Waals surface area (Å²) in [4.78, 5) is 5.16. The van der Waals surface area contributed by atoms with E-state index in [4.69, 9.17) is 14.2 Å². The second kappa shape index (κ2) is 20.5. The molecule has 0 saturated carbocycles. The SMILES string of the molecule is CCCCC(CC)COCC(CN1CCc2ccccc2C1)OC(COCC(CC)CCCC)CN1CCc2ccccc2C1. The molecule has 2 aromatic carbocycles. The van der Waals surface area contributed by atoms with Gasteiger partial charge in [-0.25, -0.2) is 0 Å². The van der Waals surface area contributed by atoms with E-state index in [1.165, 1.54) is 73.6 Å². The number of benzene rings is 2. The van der Waals surface area contributed by atoms with Gasteiger partial charge < -0.3 is 14.2 Å². The maximum absolute atomic E-state index is 7.09. The zero-order valence-corrected chi connectivity index (χ0v) is 29.2. The highest BCUT2D eigenvalue weighted by Crippen LogP contribution is 2.22. The lowest BCUT2D eigenvalue weighted by molar-refractivity contribution is -0.109. The molecule has 4 unspecified atom stereocenters. The minimum Gasteiger partial charge on any atom is -0.378 e. The summed E-state index contributed by atoms with van der Waals surface area (Å²) in [6.07, 6.45) is 12.2. The predicted octanol–water partition coefficient (Wildman–Crippen LogP) is 8.32. The molecule has 0 radical (unpaired) electrons. The summed E-state index contributed by atoms with van der Waals surface area (Å²) in [6, 6.07) is 17.9. The lowest BCUT2D eigenvalue weighted by Crippen LogP contribution is -2.45. The molecule has 2 aliphatic rings. The van der Waals surface area contributed by atoms with Crippen molar-refractivity contribution in [1.82, 2.24) is 9.80 Å². The van der Waals surface area contributed by atoms with Gasteiger partial charge in [0.25, 0.3) is 0 Å². The van der Waals surface area contributed by atoms with E-state index in [1.807, 2.05) is 0 Å². The van der Waals surface area contributed by atoms with Crippen molar-refractivity contribution in [3.8, 4) is 0 Å². The van der Waals surface area contributed by atoms with Crippen molar-refractivity contribution in [3.05, 3.63) is 70.8 Å². The Balaban J connectivity index is 1.43. The lowest BCUT2D eigenvalue weighted by Gasteiger charge is -2.36. The van der Waals surface area contributed by atoms with Gasteiger partial charge in [-0.2, -0.15) is 0 Å². The first-order chi connectivity index (χ1) is 22.1. The molecule has 0 amide bonds. The predicted molar refractivity (Wildman–Crippen MR) is 188 cm³/mol. The number of hydrogen-bond donors (Lipinski definition) is 0. The Morgan fingerprint density at radius 3 is 1.40 bits per heavy atom. The van der Waals surface area contributed by atoms with Crippen LogP contribution in [0.4, 0.5) is 0 Å². The van der Waals surface area contributed by atoms with Gasteiger partial charge in [0, 0.05) is 52.5 Å². The van der Waals surface area contributed by atoms with Crippen molar-refractivity contribution in [1.29, 1.82) is 0 Å². The van der Waals surface area contributed by atoms with Crippen LogP contribution in [0, 0.1) is 11.8 Å². The summed E-state index contributed by atoms with van der Waals surface area (Å²) >= 11 is 0. The van der Waals surface area contributed by atoms with Crippen LogP contribution in [0.15, 0.2) is 48.5 Å². The topological polar surface area (TPSA) is 34.2 Å². The normalized spacial score (nSPS) is 18.2. The quantitative estimate of drug-likeness (QED) is 0.132. The molecule has 0 bridgehead atoms. The Bertz CT molecular complexity index is 994. The zero-order chi connectivity index (χ0) is 31.7. The molecule has 0 saturated heterocycles. The zero-order valence-electron chi connectivity index (χ0n) is 29.2. The molecule has 4 rings (SSSR count). The van der Waals surface area contributed by atoms with Gasteiger partial charge in [-0.1, -0.05) is 115 Å². The fourth-order valence-corrected chi connectivity index (χ4v) is 7.07. The third-order valence-corrected chi connectivity index (χ3v) is 10.1. The van der Waals surface area contributed by atoms with Crippen molar-refractivity contribution in [2.24, 2.45) is 11.8 Å². The van der Waals surface area contributed by atoms with Crippen LogP contribution >= 0.6 is 0 Å². The van der Waals surface area contributed by atoms with Crippen LogP contribution in [0.5, 0.6) is 0 Å². The average molecular weight is 621 g/mol. The van der Waals surface area contributed by atoms with E-state index in [1.54, 1.807) is 0 Å². The molecule has 5 nitrogen and oxygen atoms in total. The van der Waals surface area contributed by atoms with E-state index in [0.717, 1.165) is 65.3 Å². The molecule has 2 aliphatic heterocycles. The number of fused-ring (bicyclic) bond motifs is 2. The van der Waals surface area contributed by atoms with Crippen LogP contribution in [-0.2, 0) is 40.1 Å². The highest BCUT2D eigenvalue weighted by molar-refractivity contribution is 5.30. The van der Waals surface area contributed by atoms with Gasteiger partial charge in [0.05, 0.1) is 25.4 Å². The van der Waals surface area contributed by atoms with Gasteiger partial charge in [-0.05, 0) is 59.8 Å². The first kappa shape index (κ1) is 36.1. The minimum absolute atomic E-state index is 0.0201. The first-order valence-electron chi connectivity index (χ1n) is 18.5. The van der Waals surface area contributed by atoms with Crippen molar-refractivity contribution in [2.45, 2.75) is 117 Å². The monoisotopic (exact) mass is 620 g/mol. The molecule has 2 heterocycles. The van der Waals surface area contributed by atoms with Gasteiger partial charge in [-0.3, -0.25) is 9.80 Å². The Morgan fingerprint density at radius 1 is 0.578 bits per heavy atom. The summed E-state index contributed by atoms with van der Waals surface area (Å²) in [5.74, 6) is 1.27. The lowest BCUT2D eigenvalue weighted by atomic mass is 9.99. The van der Waals surface area contributed by atoms with E-state index >= 15 is 0 Å². The molecule has 0 aromatic heterocycles. The molecule has 252 valence electrons. The maximum atomic E-state index is 7.09. The molecule has 4 atom stereocenters. The molecule has 0 aliphatic carbocycles. The number of unbranched alkanes of at least 4 members (excludes halogenated alkanes) is 2. The van der Waals surface area contributed by atoms with Crippen LogP contribution in [0.25, 0.3) is 0 Å². The van der Waals surface area contributed by atoms with E-state index in [9.17, 15) is 0 Å². The fraction of sp³-hybridized carbons (Fsp3) is 0.700. The van der Waals surface area contributed by atoms with Crippen LogP contribution in [0.2, 0.25) is 0 Å². The summed E-state index contributed by atoms with van der Waals surface area (Å²) in [6.45, 7) is 18.0. The highest BCUT2D eigenvalue weighted by atomic mass is 16.6. The Labute approximate surface area is 276 Å². The van der Waals surface area contributed by atoms with E-state index in [-0.39, 0.29) is 12.2 Å². The average Bonchev–Trinajstić information content (AvgIpc) is 3.07. The fourth-order valence-electron chi connectivity index (χ4n) is 7.07. The molecule has 0 spiro atoms. The van der Waals surface area contributed by atoms with Crippen LogP contribution in [0.3, 0.4) is 0 Å².